The van der Waals surface area contributed by atoms with Gasteiger partial charge in [-0.2, -0.15) is 5.26 Å². The molecule has 13 heavy (non-hydrogen) atoms. The number of nitrogens with zero attached hydrogens (tertiary/aromatic N) is 1. The molecular formula is C10H8BrNO. The maximum Gasteiger partial charge on any atom is 0.151 e. The van der Waals surface area contributed by atoms with Crippen molar-refractivity contribution in [2.45, 2.75) is 12.8 Å². The number of hydrogen-bond acceptors (Lipinski definition) is 2. The van der Waals surface area contributed by atoms with Crippen LogP contribution in [0.2, 0.25) is 0 Å². The monoisotopic (exact) mass is 237 g/mol. The van der Waals surface area contributed by atoms with Crippen LogP contribution < -0.4 is 0 Å². The summed E-state index contributed by atoms with van der Waals surface area (Å²) >= 11 is 3.29. The van der Waals surface area contributed by atoms with Crippen LogP contribution in [0.25, 0.3) is 0 Å². The number of aryl methyl sites for hydroxylation is 1. The van der Waals surface area contributed by atoms with E-state index in [1.807, 2.05) is 12.1 Å². The maximum absolute atomic E-state index is 10.5. The summed E-state index contributed by atoms with van der Waals surface area (Å²) in [5.74, 6) is 0. The Morgan fingerprint density at radius 1 is 1.54 bits per heavy atom. The highest BCUT2D eigenvalue weighted by molar-refractivity contribution is 9.10. The van der Waals surface area contributed by atoms with Gasteiger partial charge in [-0.3, -0.25) is 4.79 Å². The van der Waals surface area contributed by atoms with E-state index in [-0.39, 0.29) is 0 Å². The van der Waals surface area contributed by atoms with Crippen LogP contribution in [0.5, 0.6) is 0 Å². The van der Waals surface area contributed by atoms with Gasteiger partial charge in [0.2, 0.25) is 0 Å². The lowest BCUT2D eigenvalue weighted by Crippen LogP contribution is -1.87. The van der Waals surface area contributed by atoms with Gasteiger partial charge in [-0.1, -0.05) is 28.1 Å². The third kappa shape index (κ3) is 2.67. The highest BCUT2D eigenvalue weighted by Crippen LogP contribution is 2.17. The molecule has 0 heterocycles. The maximum atomic E-state index is 10.5. The van der Waals surface area contributed by atoms with Gasteiger partial charge in [-0.25, -0.2) is 0 Å². The van der Waals surface area contributed by atoms with Crippen molar-refractivity contribution in [3.63, 3.8) is 0 Å². The lowest BCUT2D eigenvalue weighted by molar-refractivity contribution is 0.112. The van der Waals surface area contributed by atoms with Gasteiger partial charge in [0.25, 0.3) is 0 Å². The molecule has 3 heteroatoms. The molecule has 0 N–H and O–H groups in total. The van der Waals surface area contributed by atoms with E-state index in [1.165, 1.54) is 0 Å². The van der Waals surface area contributed by atoms with Crippen molar-refractivity contribution in [2.24, 2.45) is 0 Å². The molecule has 1 aromatic rings. The van der Waals surface area contributed by atoms with Crippen LogP contribution in [0.4, 0.5) is 0 Å². The highest BCUT2D eigenvalue weighted by atomic mass is 79.9. The molecule has 0 aliphatic rings. The van der Waals surface area contributed by atoms with Crippen LogP contribution >= 0.6 is 15.9 Å². The molecule has 0 aliphatic carbocycles. The summed E-state index contributed by atoms with van der Waals surface area (Å²) in [5, 5.41) is 8.38. The van der Waals surface area contributed by atoms with Crippen LogP contribution in [0.1, 0.15) is 22.3 Å². The fourth-order valence-electron chi connectivity index (χ4n) is 1.02. The first kappa shape index (κ1) is 9.94. The van der Waals surface area contributed by atoms with Gasteiger partial charge in [0.1, 0.15) is 0 Å². The van der Waals surface area contributed by atoms with E-state index in [9.17, 15) is 4.79 Å². The minimum absolute atomic E-state index is 0.507. The summed E-state index contributed by atoms with van der Waals surface area (Å²) < 4.78 is 0.790. The lowest BCUT2D eigenvalue weighted by atomic mass is 10.1. The quantitative estimate of drug-likeness (QED) is 0.759. The molecular weight excluding hydrogens is 230 g/mol. The number of halogens is 1. The zero-order chi connectivity index (χ0) is 9.68. The number of rotatable bonds is 3. The molecule has 0 aliphatic heterocycles. The average Bonchev–Trinajstić information content (AvgIpc) is 2.15. The lowest BCUT2D eigenvalue weighted by Gasteiger charge is -2.00. The standard InChI is InChI=1S/C10H8BrNO/c11-10-6-8(2-1-5-12)3-4-9(10)7-13/h3-4,6-7H,1-2H2. The molecule has 0 radical (unpaired) electrons. The van der Waals surface area contributed by atoms with Crippen molar-refractivity contribution in [3.05, 3.63) is 33.8 Å². The predicted molar refractivity (Wildman–Crippen MR) is 53.5 cm³/mol. The molecule has 0 atom stereocenters. The van der Waals surface area contributed by atoms with Crippen molar-refractivity contribution in [1.29, 1.82) is 5.26 Å². The first-order valence-electron chi connectivity index (χ1n) is 3.88. The number of carbonyl (C=O) groups is 1. The van der Waals surface area contributed by atoms with Crippen molar-refractivity contribution in [2.75, 3.05) is 0 Å². The fourth-order valence-corrected chi connectivity index (χ4v) is 1.54. The first-order chi connectivity index (χ1) is 6.27. The van der Waals surface area contributed by atoms with Crippen molar-refractivity contribution in [3.8, 4) is 6.07 Å². The second kappa shape index (κ2) is 4.78. The summed E-state index contributed by atoms with van der Waals surface area (Å²) in [6, 6.07) is 7.58. The molecule has 66 valence electrons. The predicted octanol–water partition coefficient (Wildman–Crippen LogP) is 2.72. The van der Waals surface area contributed by atoms with Gasteiger partial charge >= 0.3 is 0 Å². The van der Waals surface area contributed by atoms with E-state index >= 15 is 0 Å². The molecule has 1 aromatic carbocycles. The molecule has 0 saturated carbocycles. The van der Waals surface area contributed by atoms with E-state index in [0.717, 1.165) is 22.7 Å². The minimum atomic E-state index is 0.507. The van der Waals surface area contributed by atoms with E-state index in [0.29, 0.717) is 12.0 Å². The largest absolute Gasteiger partial charge is 0.298 e. The molecule has 0 aromatic heterocycles. The summed E-state index contributed by atoms with van der Waals surface area (Å²) in [5.41, 5.74) is 1.71. The average molecular weight is 238 g/mol. The van der Waals surface area contributed by atoms with Gasteiger partial charge in [0, 0.05) is 16.5 Å². The third-order valence-electron chi connectivity index (χ3n) is 1.72. The van der Waals surface area contributed by atoms with Gasteiger partial charge < -0.3 is 0 Å². The first-order valence-corrected chi connectivity index (χ1v) is 4.68. The Bertz CT molecular complexity index is 354. The normalized spacial score (nSPS) is 9.23. The Balaban J connectivity index is 2.84. The highest BCUT2D eigenvalue weighted by Gasteiger charge is 1.99. The Kier molecular flexibility index (Phi) is 3.66. The molecule has 1 rings (SSSR count). The number of aldehydes is 1. The zero-order valence-corrected chi connectivity index (χ0v) is 8.54. The van der Waals surface area contributed by atoms with Gasteiger partial charge in [-0.15, -0.1) is 0 Å². The number of carbonyl (C=O) groups excluding carboxylic acids is 1. The molecule has 0 spiro atoms. The topological polar surface area (TPSA) is 40.9 Å². The third-order valence-corrected chi connectivity index (χ3v) is 2.40. The van der Waals surface area contributed by atoms with Crippen LogP contribution in [-0.4, -0.2) is 6.29 Å². The Hall–Kier alpha value is -1.14. The van der Waals surface area contributed by atoms with E-state index in [1.54, 1.807) is 6.07 Å². The molecule has 0 unspecified atom stereocenters. The Morgan fingerprint density at radius 3 is 2.85 bits per heavy atom. The van der Waals surface area contributed by atoms with Gasteiger partial charge in [0.05, 0.1) is 6.07 Å². The van der Waals surface area contributed by atoms with Crippen LogP contribution in [-0.2, 0) is 6.42 Å². The molecule has 0 saturated heterocycles. The van der Waals surface area contributed by atoms with Crippen molar-refractivity contribution in [1.82, 2.24) is 0 Å². The summed E-state index contributed by atoms with van der Waals surface area (Å²) in [6.07, 6.45) is 2.04. The van der Waals surface area contributed by atoms with Gasteiger partial charge in [-0.05, 0) is 18.1 Å². The second-order valence-corrected chi connectivity index (χ2v) is 3.49. The summed E-state index contributed by atoms with van der Waals surface area (Å²) in [4.78, 5) is 10.5. The van der Waals surface area contributed by atoms with Gasteiger partial charge in [0.15, 0.2) is 6.29 Å². The van der Waals surface area contributed by atoms with Crippen LogP contribution in [0.15, 0.2) is 22.7 Å². The van der Waals surface area contributed by atoms with Crippen LogP contribution in [0, 0.1) is 11.3 Å². The number of benzene rings is 1. The molecule has 0 amide bonds. The minimum Gasteiger partial charge on any atom is -0.298 e. The summed E-state index contributed by atoms with van der Waals surface area (Å²) in [7, 11) is 0. The molecule has 0 fully saturated rings. The van der Waals surface area contributed by atoms with E-state index in [4.69, 9.17) is 5.26 Å². The van der Waals surface area contributed by atoms with Crippen LogP contribution in [0.3, 0.4) is 0 Å². The fraction of sp³-hybridized carbons (Fsp3) is 0.200. The van der Waals surface area contributed by atoms with Crippen molar-refractivity contribution >= 4 is 22.2 Å². The smallest absolute Gasteiger partial charge is 0.151 e. The van der Waals surface area contributed by atoms with Crippen molar-refractivity contribution < 1.29 is 4.79 Å². The second-order valence-electron chi connectivity index (χ2n) is 2.63. The Morgan fingerprint density at radius 2 is 2.31 bits per heavy atom. The molecule has 0 bridgehead atoms. The Labute approximate surface area is 85.3 Å². The SMILES string of the molecule is N#CCCc1ccc(C=O)c(Br)c1. The number of nitriles is 1. The van der Waals surface area contributed by atoms with E-state index < -0.39 is 0 Å². The van der Waals surface area contributed by atoms with E-state index in [2.05, 4.69) is 22.0 Å². The summed E-state index contributed by atoms with van der Waals surface area (Å²) in [6.45, 7) is 0. The molecule has 2 nitrogen and oxygen atoms in total. The zero-order valence-electron chi connectivity index (χ0n) is 6.96. The number of hydrogen-bond donors (Lipinski definition) is 0.